The van der Waals surface area contributed by atoms with Crippen molar-refractivity contribution >= 4 is 9.84 Å². The first-order chi connectivity index (χ1) is 8.89. The van der Waals surface area contributed by atoms with Crippen LogP contribution in [0.1, 0.15) is 25.3 Å². The van der Waals surface area contributed by atoms with Crippen LogP contribution < -0.4 is 0 Å². The maximum absolute atomic E-state index is 11.3. The van der Waals surface area contributed by atoms with Crippen LogP contribution in [0.2, 0.25) is 0 Å². The lowest BCUT2D eigenvalue weighted by Crippen LogP contribution is -2.45. The van der Waals surface area contributed by atoms with Crippen LogP contribution in [0, 0.1) is 0 Å². The third kappa shape index (κ3) is 4.05. The molecule has 1 aromatic rings. The van der Waals surface area contributed by atoms with Crippen LogP contribution in [0.5, 0.6) is 0 Å². The minimum absolute atomic E-state index is 0.150. The Labute approximate surface area is 116 Å². The van der Waals surface area contributed by atoms with Crippen LogP contribution in [0.3, 0.4) is 0 Å². The molecule has 1 aliphatic rings. The van der Waals surface area contributed by atoms with E-state index in [2.05, 4.69) is 36.1 Å². The molecule has 1 fully saturated rings. The summed E-state index contributed by atoms with van der Waals surface area (Å²) in [7, 11) is -2.87. The molecule has 1 heterocycles. The lowest BCUT2D eigenvalue weighted by molar-refractivity contribution is 0.164. The molecule has 0 amide bonds. The van der Waals surface area contributed by atoms with E-state index in [4.69, 9.17) is 0 Å². The van der Waals surface area contributed by atoms with E-state index in [1.807, 2.05) is 6.07 Å². The molecule has 0 radical (unpaired) electrons. The Kier molecular flexibility index (Phi) is 4.31. The highest BCUT2D eigenvalue weighted by Crippen LogP contribution is 2.33. The van der Waals surface area contributed by atoms with E-state index in [1.165, 1.54) is 18.2 Å². The smallest absolute Gasteiger partial charge is 0.148 e. The van der Waals surface area contributed by atoms with Crippen molar-refractivity contribution in [3.63, 3.8) is 0 Å². The zero-order valence-electron chi connectivity index (χ0n) is 11.8. The van der Waals surface area contributed by atoms with Gasteiger partial charge in [-0.15, -0.1) is 0 Å². The molecule has 0 spiro atoms. The molecular formula is C15H23NO2S. The second-order valence-corrected chi connectivity index (χ2v) is 8.20. The van der Waals surface area contributed by atoms with Crippen LogP contribution in [0.4, 0.5) is 0 Å². The first-order valence-electron chi connectivity index (χ1n) is 6.85. The van der Waals surface area contributed by atoms with E-state index in [0.29, 0.717) is 6.54 Å². The van der Waals surface area contributed by atoms with Gasteiger partial charge in [-0.3, -0.25) is 0 Å². The number of hydrogen-bond donors (Lipinski definition) is 0. The number of hydrogen-bond acceptors (Lipinski definition) is 3. The summed E-state index contributed by atoms with van der Waals surface area (Å²) in [6, 6.07) is 10.6. The number of benzene rings is 1. The average Bonchev–Trinajstić information content (AvgIpc) is 2.37. The van der Waals surface area contributed by atoms with Gasteiger partial charge in [0.15, 0.2) is 0 Å². The van der Waals surface area contributed by atoms with Crippen molar-refractivity contribution in [1.29, 1.82) is 0 Å². The SMILES string of the molecule is CC1(c2ccccc2)CCCN(CCS(C)(=O)=O)C1. The molecule has 1 aliphatic heterocycles. The maximum atomic E-state index is 11.3. The highest BCUT2D eigenvalue weighted by atomic mass is 32.2. The minimum Gasteiger partial charge on any atom is -0.301 e. The van der Waals surface area contributed by atoms with E-state index in [9.17, 15) is 8.42 Å². The van der Waals surface area contributed by atoms with Gasteiger partial charge < -0.3 is 4.90 Å². The van der Waals surface area contributed by atoms with Gasteiger partial charge in [0.1, 0.15) is 9.84 Å². The van der Waals surface area contributed by atoms with Gasteiger partial charge in [-0.2, -0.15) is 0 Å². The summed E-state index contributed by atoms with van der Waals surface area (Å²) < 4.78 is 22.6. The molecule has 4 heteroatoms. The van der Waals surface area contributed by atoms with E-state index >= 15 is 0 Å². The summed E-state index contributed by atoms with van der Waals surface area (Å²) >= 11 is 0. The van der Waals surface area contributed by atoms with Crippen LogP contribution in [0.15, 0.2) is 30.3 Å². The van der Waals surface area contributed by atoms with Crippen molar-refractivity contribution in [1.82, 2.24) is 4.90 Å². The third-order valence-electron chi connectivity index (χ3n) is 4.02. The van der Waals surface area contributed by atoms with Gasteiger partial charge in [-0.1, -0.05) is 37.3 Å². The molecule has 0 aliphatic carbocycles. The summed E-state index contributed by atoms with van der Waals surface area (Å²) in [5.41, 5.74) is 1.51. The zero-order valence-corrected chi connectivity index (χ0v) is 12.6. The highest BCUT2D eigenvalue weighted by Gasteiger charge is 2.32. The molecule has 0 aromatic heterocycles. The molecule has 1 atom stereocenters. The van der Waals surface area contributed by atoms with Gasteiger partial charge >= 0.3 is 0 Å². The van der Waals surface area contributed by atoms with Gasteiger partial charge in [0.05, 0.1) is 5.75 Å². The Morgan fingerprint density at radius 1 is 1.26 bits per heavy atom. The fourth-order valence-corrected chi connectivity index (χ4v) is 3.50. The predicted octanol–water partition coefficient (Wildman–Crippen LogP) is 2.08. The molecule has 1 aromatic carbocycles. The average molecular weight is 281 g/mol. The summed E-state index contributed by atoms with van der Waals surface area (Å²) in [6.07, 6.45) is 3.62. The number of nitrogens with zero attached hydrogens (tertiary/aromatic N) is 1. The monoisotopic (exact) mass is 281 g/mol. The van der Waals surface area contributed by atoms with E-state index in [-0.39, 0.29) is 11.2 Å². The molecule has 1 saturated heterocycles. The maximum Gasteiger partial charge on any atom is 0.148 e. The van der Waals surface area contributed by atoms with Gasteiger partial charge in [0.2, 0.25) is 0 Å². The second kappa shape index (κ2) is 5.63. The quantitative estimate of drug-likeness (QED) is 0.848. The van der Waals surface area contributed by atoms with Gasteiger partial charge in [0, 0.05) is 24.8 Å². The topological polar surface area (TPSA) is 37.4 Å². The van der Waals surface area contributed by atoms with Crippen molar-refractivity contribution in [2.45, 2.75) is 25.2 Å². The van der Waals surface area contributed by atoms with Crippen molar-refractivity contribution in [2.75, 3.05) is 31.6 Å². The molecular weight excluding hydrogens is 258 g/mol. The Hall–Kier alpha value is -0.870. The summed E-state index contributed by atoms with van der Waals surface area (Å²) in [4.78, 5) is 2.29. The largest absolute Gasteiger partial charge is 0.301 e. The molecule has 0 N–H and O–H groups in total. The van der Waals surface area contributed by atoms with Crippen LogP contribution in [0.25, 0.3) is 0 Å². The van der Waals surface area contributed by atoms with Crippen LogP contribution in [-0.2, 0) is 15.3 Å². The number of likely N-dealkylation sites (tertiary alicyclic amines) is 1. The molecule has 0 bridgehead atoms. The lowest BCUT2D eigenvalue weighted by Gasteiger charge is -2.41. The van der Waals surface area contributed by atoms with Gasteiger partial charge in [-0.25, -0.2) is 8.42 Å². The molecule has 2 rings (SSSR count). The first kappa shape index (κ1) is 14.5. The Morgan fingerprint density at radius 3 is 2.58 bits per heavy atom. The molecule has 1 unspecified atom stereocenters. The van der Waals surface area contributed by atoms with Crippen molar-refractivity contribution in [2.24, 2.45) is 0 Å². The number of rotatable bonds is 4. The van der Waals surface area contributed by atoms with Crippen molar-refractivity contribution < 1.29 is 8.42 Å². The van der Waals surface area contributed by atoms with Crippen molar-refractivity contribution in [3.8, 4) is 0 Å². The normalized spacial score (nSPS) is 25.4. The predicted molar refractivity (Wildman–Crippen MR) is 79.2 cm³/mol. The second-order valence-electron chi connectivity index (χ2n) is 5.94. The zero-order chi connectivity index (χ0) is 13.9. The number of piperidine rings is 1. The minimum atomic E-state index is -2.87. The molecule has 3 nitrogen and oxygen atoms in total. The molecule has 19 heavy (non-hydrogen) atoms. The van der Waals surface area contributed by atoms with Crippen LogP contribution >= 0.6 is 0 Å². The van der Waals surface area contributed by atoms with Gasteiger partial charge in [-0.05, 0) is 24.9 Å². The van der Waals surface area contributed by atoms with E-state index < -0.39 is 9.84 Å². The summed E-state index contributed by atoms with van der Waals surface area (Å²) in [5, 5.41) is 0. The standard InChI is InChI=1S/C15H23NO2S/c1-15(14-7-4-3-5-8-14)9-6-10-16(13-15)11-12-19(2,17)18/h3-5,7-8H,6,9-13H2,1-2H3. The van der Waals surface area contributed by atoms with Crippen LogP contribution in [-0.4, -0.2) is 45.0 Å². The summed E-state index contributed by atoms with van der Waals surface area (Å²) in [5.74, 6) is 0.262. The van der Waals surface area contributed by atoms with Crippen molar-refractivity contribution in [3.05, 3.63) is 35.9 Å². The summed E-state index contributed by atoms with van der Waals surface area (Å²) in [6.45, 7) is 4.90. The molecule has 106 valence electrons. The Balaban J connectivity index is 2.04. The first-order valence-corrected chi connectivity index (χ1v) is 8.91. The lowest BCUT2D eigenvalue weighted by atomic mass is 9.76. The fraction of sp³-hybridized carbons (Fsp3) is 0.600. The Morgan fingerprint density at radius 2 is 1.95 bits per heavy atom. The van der Waals surface area contributed by atoms with E-state index in [1.54, 1.807) is 0 Å². The molecule has 0 saturated carbocycles. The fourth-order valence-electron chi connectivity index (χ4n) is 2.91. The third-order valence-corrected chi connectivity index (χ3v) is 4.95. The number of sulfone groups is 1. The van der Waals surface area contributed by atoms with Gasteiger partial charge in [0.25, 0.3) is 0 Å². The highest BCUT2D eigenvalue weighted by molar-refractivity contribution is 7.90. The Bertz CT molecular complexity index is 512. The van der Waals surface area contributed by atoms with E-state index in [0.717, 1.165) is 19.5 Å².